The molecular weight excluding hydrogens is 400 g/mol. The van der Waals surface area contributed by atoms with E-state index in [0.29, 0.717) is 31.1 Å². The molecule has 0 bridgehead atoms. The number of carbonyl (C=O) groups excluding carboxylic acids is 1. The number of amides is 1. The molecule has 3 heterocycles. The van der Waals surface area contributed by atoms with Gasteiger partial charge in [-0.05, 0) is 44.9 Å². The third kappa shape index (κ3) is 5.62. The molecule has 0 saturated carbocycles. The van der Waals surface area contributed by atoms with Crippen molar-refractivity contribution >= 4 is 27.1 Å². The molecule has 1 saturated heterocycles. The largest absolute Gasteiger partial charge is 0.339 e. The minimum absolute atomic E-state index is 0.0586. The first-order chi connectivity index (χ1) is 13.3. The summed E-state index contributed by atoms with van der Waals surface area (Å²) in [5.41, 5.74) is 0. The lowest BCUT2D eigenvalue weighted by Gasteiger charge is -2.29. The minimum atomic E-state index is -3.05. The minimum Gasteiger partial charge on any atom is -0.339 e. The predicted octanol–water partition coefficient (Wildman–Crippen LogP) is 1.70. The molecule has 1 fully saturated rings. The van der Waals surface area contributed by atoms with Gasteiger partial charge in [0.05, 0.1) is 16.4 Å². The number of carbonyl (C=O) groups is 1. The number of aromatic nitrogens is 2. The van der Waals surface area contributed by atoms with Crippen LogP contribution in [0.1, 0.15) is 25.2 Å². The fourth-order valence-electron chi connectivity index (χ4n) is 3.31. The van der Waals surface area contributed by atoms with E-state index in [-0.39, 0.29) is 29.9 Å². The van der Waals surface area contributed by atoms with E-state index >= 15 is 0 Å². The molecule has 8 nitrogen and oxygen atoms in total. The van der Waals surface area contributed by atoms with Crippen LogP contribution in [0.15, 0.2) is 22.0 Å². The van der Waals surface area contributed by atoms with Crippen molar-refractivity contribution in [2.75, 3.05) is 38.7 Å². The third-order valence-electron chi connectivity index (χ3n) is 4.74. The van der Waals surface area contributed by atoms with Crippen molar-refractivity contribution in [2.24, 2.45) is 0 Å². The van der Waals surface area contributed by atoms with Gasteiger partial charge in [-0.15, -0.1) is 11.3 Å². The highest BCUT2D eigenvalue weighted by Gasteiger charge is 2.34. The molecule has 0 aliphatic carbocycles. The lowest BCUT2D eigenvalue weighted by molar-refractivity contribution is -0.133. The molecule has 0 spiro atoms. The third-order valence-corrected chi connectivity index (χ3v) is 7.35. The van der Waals surface area contributed by atoms with Crippen molar-refractivity contribution < 1.29 is 17.7 Å². The SMILES string of the molecule is CN(C)CCCN(C(=O)CCc1nc(-c2cccs2)no1)C1CCS(=O)(=O)C1. The van der Waals surface area contributed by atoms with E-state index in [4.69, 9.17) is 4.52 Å². The van der Waals surface area contributed by atoms with Crippen LogP contribution in [0.3, 0.4) is 0 Å². The van der Waals surface area contributed by atoms with E-state index in [1.807, 2.05) is 31.6 Å². The lowest BCUT2D eigenvalue weighted by Crippen LogP contribution is -2.42. The van der Waals surface area contributed by atoms with Gasteiger partial charge in [-0.2, -0.15) is 4.98 Å². The summed E-state index contributed by atoms with van der Waals surface area (Å²) in [7, 11) is 0.910. The number of aryl methyl sites for hydroxylation is 1. The van der Waals surface area contributed by atoms with Gasteiger partial charge >= 0.3 is 0 Å². The molecule has 1 atom stereocenters. The Bertz CT molecular complexity index is 877. The average Bonchev–Trinajstić information content (AvgIpc) is 3.36. The van der Waals surface area contributed by atoms with E-state index in [9.17, 15) is 13.2 Å². The zero-order chi connectivity index (χ0) is 20.1. The van der Waals surface area contributed by atoms with Crippen LogP contribution in [0, 0.1) is 0 Å². The number of hydrogen-bond donors (Lipinski definition) is 0. The topological polar surface area (TPSA) is 96.6 Å². The summed E-state index contributed by atoms with van der Waals surface area (Å²) in [6.07, 6.45) is 1.89. The van der Waals surface area contributed by atoms with Crippen LogP contribution in [0.25, 0.3) is 10.7 Å². The molecular formula is C18H26N4O4S2. The van der Waals surface area contributed by atoms with Crippen molar-refractivity contribution in [1.82, 2.24) is 19.9 Å². The first-order valence-electron chi connectivity index (χ1n) is 9.35. The van der Waals surface area contributed by atoms with Crippen molar-refractivity contribution in [3.63, 3.8) is 0 Å². The molecule has 28 heavy (non-hydrogen) atoms. The Morgan fingerprint density at radius 3 is 2.82 bits per heavy atom. The Morgan fingerprint density at radius 1 is 1.36 bits per heavy atom. The maximum Gasteiger partial charge on any atom is 0.227 e. The van der Waals surface area contributed by atoms with Crippen molar-refractivity contribution in [3.8, 4) is 10.7 Å². The molecule has 1 aliphatic rings. The molecule has 1 aliphatic heterocycles. The van der Waals surface area contributed by atoms with Crippen LogP contribution >= 0.6 is 11.3 Å². The highest BCUT2D eigenvalue weighted by atomic mass is 32.2. The van der Waals surface area contributed by atoms with Crippen LogP contribution in [0.4, 0.5) is 0 Å². The van der Waals surface area contributed by atoms with Crippen LogP contribution < -0.4 is 0 Å². The number of thiophene rings is 1. The normalized spacial score (nSPS) is 18.6. The van der Waals surface area contributed by atoms with Gasteiger partial charge in [-0.3, -0.25) is 4.79 Å². The summed E-state index contributed by atoms with van der Waals surface area (Å²) in [5.74, 6) is 1.11. The summed E-state index contributed by atoms with van der Waals surface area (Å²) >= 11 is 1.53. The second-order valence-electron chi connectivity index (χ2n) is 7.29. The van der Waals surface area contributed by atoms with Gasteiger partial charge in [-0.1, -0.05) is 11.2 Å². The highest BCUT2D eigenvalue weighted by molar-refractivity contribution is 7.91. The first-order valence-corrected chi connectivity index (χ1v) is 12.1. The Hall–Kier alpha value is -1.78. The van der Waals surface area contributed by atoms with Gasteiger partial charge in [0.1, 0.15) is 0 Å². The summed E-state index contributed by atoms with van der Waals surface area (Å²) < 4.78 is 29.0. The van der Waals surface area contributed by atoms with Gasteiger partial charge in [-0.25, -0.2) is 8.42 Å². The fraction of sp³-hybridized carbons (Fsp3) is 0.611. The molecule has 0 radical (unpaired) electrons. The van der Waals surface area contributed by atoms with Crippen molar-refractivity contribution in [1.29, 1.82) is 0 Å². The molecule has 2 aromatic rings. The Labute approximate surface area is 169 Å². The van der Waals surface area contributed by atoms with Crippen LogP contribution in [0.2, 0.25) is 0 Å². The van der Waals surface area contributed by atoms with Gasteiger partial charge in [0, 0.05) is 25.4 Å². The smallest absolute Gasteiger partial charge is 0.227 e. The molecule has 1 amide bonds. The van der Waals surface area contributed by atoms with E-state index in [2.05, 4.69) is 15.0 Å². The number of sulfone groups is 1. The van der Waals surface area contributed by atoms with Crippen LogP contribution in [0.5, 0.6) is 0 Å². The Balaban J connectivity index is 1.60. The zero-order valence-corrected chi connectivity index (χ0v) is 17.8. The van der Waals surface area contributed by atoms with E-state index < -0.39 is 9.84 Å². The Kier molecular flexibility index (Phi) is 6.84. The van der Waals surface area contributed by atoms with Gasteiger partial charge in [0.2, 0.25) is 17.6 Å². The molecule has 2 aromatic heterocycles. The fourth-order valence-corrected chi connectivity index (χ4v) is 5.69. The van der Waals surface area contributed by atoms with Gasteiger partial charge in [0.15, 0.2) is 9.84 Å². The molecule has 3 rings (SSSR count). The average molecular weight is 427 g/mol. The molecule has 154 valence electrons. The first kappa shape index (κ1) is 20.9. The molecule has 1 unspecified atom stereocenters. The van der Waals surface area contributed by atoms with Crippen LogP contribution in [-0.4, -0.2) is 79.0 Å². The van der Waals surface area contributed by atoms with E-state index in [0.717, 1.165) is 17.8 Å². The van der Waals surface area contributed by atoms with E-state index in [1.54, 1.807) is 4.90 Å². The number of nitrogens with zero attached hydrogens (tertiary/aromatic N) is 4. The number of hydrogen-bond acceptors (Lipinski definition) is 8. The highest BCUT2D eigenvalue weighted by Crippen LogP contribution is 2.22. The molecule has 10 heteroatoms. The van der Waals surface area contributed by atoms with E-state index in [1.165, 1.54) is 11.3 Å². The Morgan fingerprint density at radius 2 is 2.18 bits per heavy atom. The van der Waals surface area contributed by atoms with Gasteiger partial charge in [0.25, 0.3) is 0 Å². The number of rotatable bonds is 9. The molecule has 0 N–H and O–H groups in total. The van der Waals surface area contributed by atoms with Crippen molar-refractivity contribution in [2.45, 2.75) is 31.7 Å². The monoisotopic (exact) mass is 426 g/mol. The zero-order valence-electron chi connectivity index (χ0n) is 16.2. The van der Waals surface area contributed by atoms with Crippen LogP contribution in [-0.2, 0) is 21.1 Å². The quantitative estimate of drug-likeness (QED) is 0.602. The predicted molar refractivity (Wildman–Crippen MR) is 108 cm³/mol. The summed E-state index contributed by atoms with van der Waals surface area (Å²) in [5, 5.41) is 5.90. The molecule has 0 aromatic carbocycles. The lowest BCUT2D eigenvalue weighted by atomic mass is 10.1. The maximum absolute atomic E-state index is 12.9. The van der Waals surface area contributed by atoms with Crippen molar-refractivity contribution in [3.05, 3.63) is 23.4 Å². The summed E-state index contributed by atoms with van der Waals surface area (Å²) in [4.78, 5) is 21.9. The summed E-state index contributed by atoms with van der Waals surface area (Å²) in [6, 6.07) is 3.60. The summed E-state index contributed by atoms with van der Waals surface area (Å²) in [6.45, 7) is 1.40. The standard InChI is InChI=1S/C18H26N4O4S2/c1-21(2)9-4-10-22(14-8-12-28(24,25)13-14)17(23)7-6-16-19-18(20-26-16)15-5-3-11-27-15/h3,5,11,14H,4,6-10,12-13H2,1-2H3. The second-order valence-corrected chi connectivity index (χ2v) is 10.5. The second kappa shape index (κ2) is 9.15. The maximum atomic E-state index is 12.9. The van der Waals surface area contributed by atoms with Gasteiger partial charge < -0.3 is 14.3 Å².